The Morgan fingerprint density at radius 3 is 2.83 bits per heavy atom. The molecule has 0 aliphatic heterocycles. The third-order valence-corrected chi connectivity index (χ3v) is 3.49. The van der Waals surface area contributed by atoms with Gasteiger partial charge in [0.1, 0.15) is 0 Å². The van der Waals surface area contributed by atoms with E-state index in [-0.39, 0.29) is 5.91 Å². The summed E-state index contributed by atoms with van der Waals surface area (Å²) in [6.45, 7) is 0.859. The fourth-order valence-corrected chi connectivity index (χ4v) is 2.38. The summed E-state index contributed by atoms with van der Waals surface area (Å²) in [5.41, 5.74) is 4.18. The van der Waals surface area contributed by atoms with Crippen LogP contribution in [0.25, 0.3) is 0 Å². The first-order valence-corrected chi connectivity index (χ1v) is 6.72. The van der Waals surface area contributed by atoms with E-state index in [1.807, 2.05) is 0 Å². The summed E-state index contributed by atoms with van der Waals surface area (Å²) in [5.74, 6) is 0.200. The van der Waals surface area contributed by atoms with Crippen molar-refractivity contribution in [2.24, 2.45) is 0 Å². The van der Waals surface area contributed by atoms with Gasteiger partial charge in [-0.15, -0.1) is 0 Å². The largest absolute Gasteiger partial charge is 0.385 e. The standard InChI is InChI=1S/C15H22N2O/c1-17(2)15(18)7-4-10-16-14-9-8-12-5-3-6-13(12)11-14/h8-9,11,16H,3-7,10H2,1-2H3. The van der Waals surface area contributed by atoms with Gasteiger partial charge in [-0.25, -0.2) is 0 Å². The van der Waals surface area contributed by atoms with Gasteiger partial charge in [0, 0.05) is 32.7 Å². The van der Waals surface area contributed by atoms with E-state index in [4.69, 9.17) is 0 Å². The Morgan fingerprint density at radius 1 is 1.28 bits per heavy atom. The lowest BCUT2D eigenvalue weighted by Crippen LogP contribution is -2.22. The van der Waals surface area contributed by atoms with Crippen molar-refractivity contribution < 1.29 is 4.79 Å². The fourth-order valence-electron chi connectivity index (χ4n) is 2.38. The van der Waals surface area contributed by atoms with Crippen LogP contribution in [-0.2, 0) is 17.6 Å². The van der Waals surface area contributed by atoms with Crippen LogP contribution in [-0.4, -0.2) is 31.4 Å². The molecular weight excluding hydrogens is 224 g/mol. The number of anilines is 1. The third kappa shape index (κ3) is 3.25. The van der Waals surface area contributed by atoms with Crippen LogP contribution in [0, 0.1) is 0 Å². The molecule has 0 fully saturated rings. The van der Waals surface area contributed by atoms with Crippen LogP contribution >= 0.6 is 0 Å². The summed E-state index contributed by atoms with van der Waals surface area (Å²) < 4.78 is 0. The van der Waals surface area contributed by atoms with Gasteiger partial charge in [0.05, 0.1) is 0 Å². The molecule has 1 aromatic carbocycles. The van der Waals surface area contributed by atoms with E-state index < -0.39 is 0 Å². The lowest BCUT2D eigenvalue weighted by atomic mass is 10.1. The smallest absolute Gasteiger partial charge is 0.222 e. The molecule has 3 heteroatoms. The zero-order valence-electron chi connectivity index (χ0n) is 11.3. The average Bonchev–Trinajstić information content (AvgIpc) is 2.81. The van der Waals surface area contributed by atoms with Crippen LogP contribution < -0.4 is 5.32 Å². The van der Waals surface area contributed by atoms with E-state index in [1.54, 1.807) is 19.0 Å². The second-order valence-corrected chi connectivity index (χ2v) is 5.16. The highest BCUT2D eigenvalue weighted by atomic mass is 16.2. The Bertz CT molecular complexity index is 427. The van der Waals surface area contributed by atoms with Gasteiger partial charge >= 0.3 is 0 Å². The molecule has 0 bridgehead atoms. The van der Waals surface area contributed by atoms with Crippen LogP contribution in [0.3, 0.4) is 0 Å². The van der Waals surface area contributed by atoms with Crippen LogP contribution in [0.1, 0.15) is 30.4 Å². The number of aryl methyl sites for hydroxylation is 2. The van der Waals surface area contributed by atoms with E-state index >= 15 is 0 Å². The molecule has 3 nitrogen and oxygen atoms in total. The summed E-state index contributed by atoms with van der Waals surface area (Å²) in [6, 6.07) is 6.64. The normalized spacial score (nSPS) is 13.2. The van der Waals surface area contributed by atoms with Crippen molar-refractivity contribution in [3.8, 4) is 0 Å². The van der Waals surface area contributed by atoms with Crippen molar-refractivity contribution in [3.63, 3.8) is 0 Å². The van der Waals surface area contributed by atoms with Crippen LogP contribution in [0.5, 0.6) is 0 Å². The second kappa shape index (κ2) is 5.89. The Hall–Kier alpha value is -1.51. The molecule has 2 rings (SSSR count). The molecule has 1 aliphatic carbocycles. The summed E-state index contributed by atoms with van der Waals surface area (Å²) in [6.07, 6.45) is 5.23. The predicted octanol–water partition coefficient (Wildman–Crippen LogP) is 2.46. The zero-order chi connectivity index (χ0) is 13.0. The lowest BCUT2D eigenvalue weighted by Gasteiger charge is -2.11. The molecule has 1 amide bonds. The number of carbonyl (C=O) groups excluding carboxylic acids is 1. The number of benzene rings is 1. The minimum absolute atomic E-state index is 0.200. The maximum Gasteiger partial charge on any atom is 0.222 e. The summed E-state index contributed by atoms with van der Waals surface area (Å²) in [4.78, 5) is 13.1. The predicted molar refractivity (Wildman–Crippen MR) is 74.9 cm³/mol. The van der Waals surface area contributed by atoms with Crippen LogP contribution in [0.2, 0.25) is 0 Å². The Kier molecular flexibility index (Phi) is 4.24. The van der Waals surface area contributed by atoms with E-state index in [2.05, 4.69) is 23.5 Å². The van der Waals surface area contributed by atoms with E-state index in [1.165, 1.54) is 36.1 Å². The van der Waals surface area contributed by atoms with Crippen molar-refractivity contribution in [1.29, 1.82) is 0 Å². The molecule has 0 saturated carbocycles. The summed E-state index contributed by atoms with van der Waals surface area (Å²) in [5, 5.41) is 3.40. The van der Waals surface area contributed by atoms with E-state index in [0.717, 1.165) is 13.0 Å². The Morgan fingerprint density at radius 2 is 2.06 bits per heavy atom. The van der Waals surface area contributed by atoms with Crippen molar-refractivity contribution >= 4 is 11.6 Å². The van der Waals surface area contributed by atoms with E-state index in [0.29, 0.717) is 6.42 Å². The third-order valence-electron chi connectivity index (χ3n) is 3.49. The van der Waals surface area contributed by atoms with Gasteiger partial charge in [-0.05, 0) is 48.9 Å². The SMILES string of the molecule is CN(C)C(=O)CCCNc1ccc2c(c1)CCC2. The number of amides is 1. The molecule has 0 atom stereocenters. The first kappa shape index (κ1) is 12.9. The van der Waals surface area contributed by atoms with Gasteiger partial charge in [0.15, 0.2) is 0 Å². The number of nitrogens with one attached hydrogen (secondary N) is 1. The van der Waals surface area contributed by atoms with E-state index in [9.17, 15) is 4.79 Å². The second-order valence-electron chi connectivity index (χ2n) is 5.16. The molecule has 0 saturated heterocycles. The molecule has 0 spiro atoms. The fraction of sp³-hybridized carbons (Fsp3) is 0.533. The van der Waals surface area contributed by atoms with Crippen LogP contribution in [0.15, 0.2) is 18.2 Å². The van der Waals surface area contributed by atoms with Crippen molar-refractivity contribution in [2.45, 2.75) is 32.1 Å². The number of nitrogens with zero attached hydrogens (tertiary/aromatic N) is 1. The molecule has 0 radical (unpaired) electrons. The minimum Gasteiger partial charge on any atom is -0.385 e. The first-order valence-electron chi connectivity index (χ1n) is 6.72. The highest BCUT2D eigenvalue weighted by Crippen LogP contribution is 2.24. The summed E-state index contributed by atoms with van der Waals surface area (Å²) >= 11 is 0. The average molecular weight is 246 g/mol. The Labute approximate surface area is 109 Å². The number of hydrogen-bond donors (Lipinski definition) is 1. The highest BCUT2D eigenvalue weighted by Gasteiger charge is 2.10. The van der Waals surface area contributed by atoms with Gasteiger partial charge in [0.25, 0.3) is 0 Å². The van der Waals surface area contributed by atoms with Gasteiger partial charge in [0.2, 0.25) is 5.91 Å². The van der Waals surface area contributed by atoms with Crippen molar-refractivity contribution in [3.05, 3.63) is 29.3 Å². The number of rotatable bonds is 5. The van der Waals surface area contributed by atoms with Crippen LogP contribution in [0.4, 0.5) is 5.69 Å². The molecule has 0 unspecified atom stereocenters. The van der Waals surface area contributed by atoms with Crippen molar-refractivity contribution in [1.82, 2.24) is 4.90 Å². The number of hydrogen-bond acceptors (Lipinski definition) is 2. The molecule has 0 aromatic heterocycles. The molecule has 18 heavy (non-hydrogen) atoms. The highest BCUT2D eigenvalue weighted by molar-refractivity contribution is 5.75. The van der Waals surface area contributed by atoms with Gasteiger partial charge in [-0.1, -0.05) is 6.07 Å². The van der Waals surface area contributed by atoms with Gasteiger partial charge in [-0.2, -0.15) is 0 Å². The maximum atomic E-state index is 11.4. The molecule has 1 aliphatic rings. The molecule has 0 heterocycles. The minimum atomic E-state index is 0.200. The number of fused-ring (bicyclic) bond motifs is 1. The quantitative estimate of drug-likeness (QED) is 0.809. The molecule has 98 valence electrons. The molecule has 1 aromatic rings. The first-order chi connectivity index (χ1) is 8.66. The topological polar surface area (TPSA) is 32.3 Å². The molecular formula is C15H22N2O. The lowest BCUT2D eigenvalue weighted by molar-refractivity contribution is -0.128. The van der Waals surface area contributed by atoms with Gasteiger partial charge < -0.3 is 10.2 Å². The number of carbonyl (C=O) groups is 1. The maximum absolute atomic E-state index is 11.4. The van der Waals surface area contributed by atoms with Gasteiger partial charge in [-0.3, -0.25) is 4.79 Å². The summed E-state index contributed by atoms with van der Waals surface area (Å²) in [7, 11) is 3.60. The van der Waals surface area contributed by atoms with Crippen molar-refractivity contribution in [2.75, 3.05) is 26.0 Å². The molecule has 1 N–H and O–H groups in total. The monoisotopic (exact) mass is 246 g/mol. The Balaban J connectivity index is 1.75. The zero-order valence-corrected chi connectivity index (χ0v) is 11.3.